The molecule has 1 N–H and O–H groups in total. The largest absolute Gasteiger partial charge is 0.311 e. The molecule has 0 bridgehead atoms. The first kappa shape index (κ1) is 12.7. The molecular weight excluding hydrogens is 218 g/mol. The van der Waals surface area contributed by atoms with Gasteiger partial charge in [-0.1, -0.05) is 30.9 Å². The number of nitrogens with one attached hydrogen (secondary N) is 1. The number of fused-ring (bicyclic) bond motifs is 1. The van der Waals surface area contributed by atoms with Gasteiger partial charge in [-0.3, -0.25) is 0 Å². The first-order valence-electron chi connectivity index (χ1n) is 8.13. The van der Waals surface area contributed by atoms with E-state index < -0.39 is 0 Å². The van der Waals surface area contributed by atoms with E-state index in [9.17, 15) is 0 Å². The van der Waals surface area contributed by atoms with Crippen LogP contribution in [-0.2, 0) is 0 Å². The van der Waals surface area contributed by atoms with Gasteiger partial charge in [-0.2, -0.15) is 0 Å². The lowest BCUT2D eigenvalue weighted by molar-refractivity contribution is 0.0817. The number of piperidine rings is 1. The average molecular weight is 247 g/mol. The van der Waals surface area contributed by atoms with Crippen molar-refractivity contribution in [3.63, 3.8) is 0 Å². The topological polar surface area (TPSA) is 12.0 Å². The molecule has 2 aliphatic carbocycles. The van der Waals surface area contributed by atoms with Crippen LogP contribution in [0, 0.1) is 17.8 Å². The standard InChI is InChI=1S/C17H29N/c1-11-7-6-9-14(11)17-12(2)15-8-4-5-10-16(15)18-13(17)3/h12-13,15-18H,4-10H2,1-3H3. The van der Waals surface area contributed by atoms with Gasteiger partial charge >= 0.3 is 0 Å². The minimum Gasteiger partial charge on any atom is -0.311 e. The summed E-state index contributed by atoms with van der Waals surface area (Å²) in [6.45, 7) is 7.36. The van der Waals surface area contributed by atoms with Gasteiger partial charge in [0, 0.05) is 12.1 Å². The van der Waals surface area contributed by atoms with Crippen molar-refractivity contribution >= 4 is 0 Å². The van der Waals surface area contributed by atoms with Gasteiger partial charge in [0.1, 0.15) is 0 Å². The smallest absolute Gasteiger partial charge is 0.0110 e. The molecule has 3 rings (SSSR count). The minimum absolute atomic E-state index is 0.697. The molecule has 0 amide bonds. The number of rotatable bonds is 1. The van der Waals surface area contributed by atoms with Crippen LogP contribution in [-0.4, -0.2) is 12.1 Å². The molecule has 0 radical (unpaired) electrons. The Hall–Kier alpha value is -0.300. The van der Waals surface area contributed by atoms with Crippen LogP contribution in [0.3, 0.4) is 0 Å². The van der Waals surface area contributed by atoms with E-state index >= 15 is 0 Å². The van der Waals surface area contributed by atoms with Crippen LogP contribution in [0.5, 0.6) is 0 Å². The van der Waals surface area contributed by atoms with Crippen molar-refractivity contribution in [3.05, 3.63) is 11.1 Å². The maximum absolute atomic E-state index is 3.96. The Labute approximate surface area is 112 Å². The molecule has 0 spiro atoms. The van der Waals surface area contributed by atoms with E-state index in [0.717, 1.165) is 23.8 Å². The van der Waals surface area contributed by atoms with E-state index in [-0.39, 0.29) is 0 Å². The predicted molar refractivity (Wildman–Crippen MR) is 77.5 cm³/mol. The van der Waals surface area contributed by atoms with Gasteiger partial charge in [0.25, 0.3) is 0 Å². The second-order valence-corrected chi connectivity index (χ2v) is 7.05. The Morgan fingerprint density at radius 3 is 2.50 bits per heavy atom. The zero-order valence-electron chi connectivity index (χ0n) is 12.3. The van der Waals surface area contributed by atoms with Crippen molar-refractivity contribution in [1.82, 2.24) is 5.32 Å². The van der Waals surface area contributed by atoms with Gasteiger partial charge in [-0.05, 0) is 63.7 Å². The van der Waals surface area contributed by atoms with E-state index in [4.69, 9.17) is 0 Å². The normalized spacial score (nSPS) is 45.2. The summed E-state index contributed by atoms with van der Waals surface area (Å²) in [6, 6.07) is 1.52. The SMILES string of the molecule is CC1=C(C2C(C)NC3CCCCC3C2C)CCC1. The maximum Gasteiger partial charge on any atom is 0.0110 e. The third-order valence-electron chi connectivity index (χ3n) is 6.03. The van der Waals surface area contributed by atoms with Crippen LogP contribution in [0.15, 0.2) is 11.1 Å². The molecule has 2 fully saturated rings. The molecule has 1 aliphatic heterocycles. The molecule has 1 nitrogen and oxygen atoms in total. The van der Waals surface area contributed by atoms with Gasteiger partial charge < -0.3 is 5.32 Å². The summed E-state index contributed by atoms with van der Waals surface area (Å²) in [5, 5.41) is 3.96. The Morgan fingerprint density at radius 2 is 1.78 bits per heavy atom. The molecule has 0 aromatic carbocycles. The van der Waals surface area contributed by atoms with E-state index in [0.29, 0.717) is 6.04 Å². The third kappa shape index (κ3) is 2.05. The molecule has 1 heterocycles. The molecule has 1 saturated heterocycles. The monoisotopic (exact) mass is 247 g/mol. The Morgan fingerprint density at radius 1 is 1.00 bits per heavy atom. The van der Waals surface area contributed by atoms with Crippen molar-refractivity contribution in [2.24, 2.45) is 17.8 Å². The Bertz CT molecular complexity index is 344. The number of hydrogen-bond donors (Lipinski definition) is 1. The lowest BCUT2D eigenvalue weighted by atomic mass is 9.64. The Balaban J connectivity index is 1.84. The zero-order valence-corrected chi connectivity index (χ0v) is 12.3. The Kier molecular flexibility index (Phi) is 3.53. The van der Waals surface area contributed by atoms with Crippen LogP contribution in [0.25, 0.3) is 0 Å². The van der Waals surface area contributed by atoms with Crippen LogP contribution < -0.4 is 5.32 Å². The quantitative estimate of drug-likeness (QED) is 0.682. The van der Waals surface area contributed by atoms with Gasteiger partial charge in [0.2, 0.25) is 0 Å². The van der Waals surface area contributed by atoms with Gasteiger partial charge in [0.15, 0.2) is 0 Å². The molecular formula is C17H29N. The first-order chi connectivity index (χ1) is 8.68. The fraction of sp³-hybridized carbons (Fsp3) is 0.882. The molecule has 5 unspecified atom stereocenters. The summed E-state index contributed by atoms with van der Waals surface area (Å²) in [5.41, 5.74) is 3.54. The van der Waals surface area contributed by atoms with Gasteiger partial charge in [0.05, 0.1) is 0 Å². The third-order valence-corrected chi connectivity index (χ3v) is 6.03. The second-order valence-electron chi connectivity index (χ2n) is 7.05. The van der Waals surface area contributed by atoms with E-state index in [2.05, 4.69) is 26.1 Å². The van der Waals surface area contributed by atoms with E-state index in [1.165, 1.54) is 44.9 Å². The highest BCUT2D eigenvalue weighted by Gasteiger charge is 2.43. The molecule has 1 heteroatoms. The highest BCUT2D eigenvalue weighted by atomic mass is 15.0. The van der Waals surface area contributed by atoms with Crippen LogP contribution in [0.2, 0.25) is 0 Å². The molecule has 0 aromatic heterocycles. The maximum atomic E-state index is 3.96. The fourth-order valence-corrected chi connectivity index (χ4v) is 5.15. The fourth-order valence-electron chi connectivity index (χ4n) is 5.15. The molecule has 3 aliphatic rings. The van der Waals surface area contributed by atoms with Crippen molar-refractivity contribution in [2.45, 2.75) is 77.8 Å². The van der Waals surface area contributed by atoms with E-state index in [1.54, 1.807) is 5.57 Å². The summed E-state index contributed by atoms with van der Waals surface area (Å²) in [7, 11) is 0. The predicted octanol–water partition coefficient (Wildman–Crippen LogP) is 4.29. The van der Waals surface area contributed by atoms with Crippen molar-refractivity contribution in [2.75, 3.05) is 0 Å². The summed E-state index contributed by atoms with van der Waals surface area (Å²) in [6.07, 6.45) is 9.94. The first-order valence-corrected chi connectivity index (χ1v) is 8.13. The van der Waals surface area contributed by atoms with Crippen LogP contribution in [0.4, 0.5) is 0 Å². The van der Waals surface area contributed by atoms with E-state index in [1.807, 2.05) is 5.57 Å². The lowest BCUT2D eigenvalue weighted by Crippen LogP contribution is -2.56. The van der Waals surface area contributed by atoms with Gasteiger partial charge in [-0.25, -0.2) is 0 Å². The van der Waals surface area contributed by atoms with Crippen LogP contribution in [0.1, 0.15) is 65.7 Å². The highest BCUT2D eigenvalue weighted by molar-refractivity contribution is 5.24. The van der Waals surface area contributed by atoms with Crippen molar-refractivity contribution in [3.8, 4) is 0 Å². The number of hydrogen-bond acceptors (Lipinski definition) is 1. The lowest BCUT2D eigenvalue weighted by Gasteiger charge is -2.49. The molecule has 18 heavy (non-hydrogen) atoms. The van der Waals surface area contributed by atoms with Gasteiger partial charge in [-0.15, -0.1) is 0 Å². The average Bonchev–Trinajstić information content (AvgIpc) is 2.76. The highest BCUT2D eigenvalue weighted by Crippen LogP contribution is 2.45. The van der Waals surface area contributed by atoms with Crippen molar-refractivity contribution < 1.29 is 0 Å². The summed E-state index contributed by atoms with van der Waals surface area (Å²) >= 11 is 0. The number of allylic oxidation sites excluding steroid dienone is 1. The molecule has 5 atom stereocenters. The molecule has 102 valence electrons. The minimum atomic E-state index is 0.697. The zero-order chi connectivity index (χ0) is 12.7. The summed E-state index contributed by atoms with van der Waals surface area (Å²) < 4.78 is 0. The second kappa shape index (κ2) is 5.00. The van der Waals surface area contributed by atoms with Crippen molar-refractivity contribution in [1.29, 1.82) is 0 Å². The summed E-state index contributed by atoms with van der Waals surface area (Å²) in [4.78, 5) is 0. The van der Waals surface area contributed by atoms with Crippen LogP contribution >= 0.6 is 0 Å². The molecule has 1 saturated carbocycles. The molecule has 0 aromatic rings. The summed E-state index contributed by atoms with van der Waals surface area (Å²) in [5.74, 6) is 2.67.